The van der Waals surface area contributed by atoms with E-state index in [-0.39, 0.29) is 16.9 Å². The second-order valence-corrected chi connectivity index (χ2v) is 9.08. The molecule has 0 bridgehead atoms. The fraction of sp³-hybridized carbons (Fsp3) is 0.167. The number of pyridine rings is 1. The summed E-state index contributed by atoms with van der Waals surface area (Å²) < 4.78 is 33.3. The number of rotatable bonds is 7. The van der Waals surface area contributed by atoms with Crippen molar-refractivity contribution in [3.8, 4) is 34.1 Å². The standard InChI is InChI=1S/C30H27FN4O4/c1-17-6-8-23(18(2)12-17)34-30-33-16-21(29(36)35(30)3)19-7-9-26(22(31)13-19)39-25-10-11-32-24-15-28(38-5)27(37-4)14-20(24)25/h6-16H,1-5H3,(H,33,34). The maximum absolute atomic E-state index is 15.2. The van der Waals surface area contributed by atoms with Crippen LogP contribution in [0, 0.1) is 19.7 Å². The summed E-state index contributed by atoms with van der Waals surface area (Å²) in [6, 6.07) is 15.4. The van der Waals surface area contributed by atoms with E-state index < -0.39 is 5.82 Å². The highest BCUT2D eigenvalue weighted by molar-refractivity contribution is 5.88. The second kappa shape index (κ2) is 10.4. The number of anilines is 2. The van der Waals surface area contributed by atoms with E-state index in [9.17, 15) is 4.79 Å². The third kappa shape index (κ3) is 4.98. The van der Waals surface area contributed by atoms with Gasteiger partial charge in [-0.3, -0.25) is 14.3 Å². The second-order valence-electron chi connectivity index (χ2n) is 9.08. The minimum absolute atomic E-state index is 0.000971. The van der Waals surface area contributed by atoms with Gasteiger partial charge in [0.05, 0.1) is 25.3 Å². The lowest BCUT2D eigenvalue weighted by molar-refractivity contribution is 0.355. The molecule has 8 nitrogen and oxygen atoms in total. The number of benzene rings is 3. The van der Waals surface area contributed by atoms with Gasteiger partial charge in [-0.05, 0) is 55.3 Å². The minimum atomic E-state index is -0.627. The number of methoxy groups -OCH3 is 2. The van der Waals surface area contributed by atoms with Gasteiger partial charge in [-0.2, -0.15) is 0 Å². The number of fused-ring (bicyclic) bond motifs is 1. The van der Waals surface area contributed by atoms with Crippen LogP contribution in [0.3, 0.4) is 0 Å². The smallest absolute Gasteiger partial charge is 0.262 e. The molecule has 0 unspecified atom stereocenters. The quantitative estimate of drug-likeness (QED) is 0.266. The van der Waals surface area contributed by atoms with Gasteiger partial charge in [0, 0.05) is 36.6 Å². The lowest BCUT2D eigenvalue weighted by atomic mass is 10.1. The van der Waals surface area contributed by atoms with Gasteiger partial charge in [-0.15, -0.1) is 0 Å². The van der Waals surface area contributed by atoms with Crippen LogP contribution in [-0.2, 0) is 7.05 Å². The Morgan fingerprint density at radius 2 is 1.64 bits per heavy atom. The molecule has 3 aromatic carbocycles. The van der Waals surface area contributed by atoms with Crippen LogP contribution in [0.5, 0.6) is 23.0 Å². The third-order valence-corrected chi connectivity index (χ3v) is 6.47. The van der Waals surface area contributed by atoms with Crippen molar-refractivity contribution in [1.82, 2.24) is 14.5 Å². The number of ether oxygens (including phenoxy) is 3. The van der Waals surface area contributed by atoms with Crippen molar-refractivity contribution in [2.75, 3.05) is 19.5 Å². The normalized spacial score (nSPS) is 10.9. The Hall–Kier alpha value is -4.92. The van der Waals surface area contributed by atoms with Gasteiger partial charge in [0.15, 0.2) is 23.1 Å². The zero-order valence-electron chi connectivity index (χ0n) is 22.2. The molecule has 0 spiro atoms. The Balaban J connectivity index is 1.44. The maximum atomic E-state index is 15.2. The first-order valence-corrected chi connectivity index (χ1v) is 12.2. The molecule has 0 saturated carbocycles. The molecule has 2 heterocycles. The lowest BCUT2D eigenvalue weighted by Crippen LogP contribution is -2.22. The molecule has 1 N–H and O–H groups in total. The predicted octanol–water partition coefficient (Wildman–Crippen LogP) is 6.30. The van der Waals surface area contributed by atoms with Gasteiger partial charge in [-0.25, -0.2) is 9.37 Å². The van der Waals surface area contributed by atoms with Crippen LogP contribution in [0.25, 0.3) is 22.0 Å². The number of hydrogen-bond donors (Lipinski definition) is 1. The topological polar surface area (TPSA) is 87.5 Å². The molecular weight excluding hydrogens is 499 g/mol. The number of hydrogen-bond acceptors (Lipinski definition) is 7. The van der Waals surface area contributed by atoms with Crippen molar-refractivity contribution >= 4 is 22.5 Å². The molecular formula is C30H27FN4O4. The first kappa shape index (κ1) is 25.7. The number of aryl methyl sites for hydroxylation is 2. The van der Waals surface area contributed by atoms with Gasteiger partial charge in [0.2, 0.25) is 5.95 Å². The van der Waals surface area contributed by atoms with E-state index in [0.717, 1.165) is 16.8 Å². The van der Waals surface area contributed by atoms with Crippen molar-refractivity contribution in [3.63, 3.8) is 0 Å². The molecule has 0 radical (unpaired) electrons. The first-order valence-electron chi connectivity index (χ1n) is 12.2. The summed E-state index contributed by atoms with van der Waals surface area (Å²) in [4.78, 5) is 21.9. The van der Waals surface area contributed by atoms with Crippen molar-refractivity contribution in [3.05, 3.63) is 94.3 Å². The zero-order chi connectivity index (χ0) is 27.7. The molecule has 0 aliphatic carbocycles. The van der Waals surface area contributed by atoms with E-state index in [4.69, 9.17) is 14.2 Å². The van der Waals surface area contributed by atoms with E-state index >= 15 is 4.39 Å². The molecule has 0 aliphatic rings. The number of nitrogens with zero attached hydrogens (tertiary/aromatic N) is 3. The van der Waals surface area contributed by atoms with Crippen LogP contribution in [-0.4, -0.2) is 28.8 Å². The maximum Gasteiger partial charge on any atom is 0.262 e. The highest BCUT2D eigenvalue weighted by atomic mass is 19.1. The summed E-state index contributed by atoms with van der Waals surface area (Å²) in [5.41, 5.74) is 3.96. The van der Waals surface area contributed by atoms with Gasteiger partial charge >= 0.3 is 0 Å². The molecule has 0 atom stereocenters. The molecule has 5 rings (SSSR count). The minimum Gasteiger partial charge on any atom is -0.493 e. The van der Waals surface area contributed by atoms with Crippen LogP contribution < -0.4 is 25.1 Å². The van der Waals surface area contributed by atoms with E-state index in [0.29, 0.717) is 39.7 Å². The SMILES string of the molecule is COc1cc2nccc(Oc3ccc(-c4cnc(Nc5ccc(C)cc5C)n(C)c4=O)cc3F)c2cc1OC. The molecule has 0 aliphatic heterocycles. The molecule has 2 aromatic heterocycles. The van der Waals surface area contributed by atoms with Gasteiger partial charge in [-0.1, -0.05) is 23.8 Å². The van der Waals surface area contributed by atoms with E-state index in [1.807, 2.05) is 32.0 Å². The van der Waals surface area contributed by atoms with Crippen molar-refractivity contribution < 1.29 is 18.6 Å². The van der Waals surface area contributed by atoms with E-state index in [1.165, 1.54) is 30.0 Å². The van der Waals surface area contributed by atoms with Crippen LogP contribution >= 0.6 is 0 Å². The summed E-state index contributed by atoms with van der Waals surface area (Å²) in [6.07, 6.45) is 3.01. The Kier molecular flexibility index (Phi) is 6.89. The van der Waals surface area contributed by atoms with Crippen molar-refractivity contribution in [1.29, 1.82) is 0 Å². The summed E-state index contributed by atoms with van der Waals surface area (Å²) in [7, 11) is 4.69. The van der Waals surface area contributed by atoms with Crippen LogP contribution in [0.1, 0.15) is 11.1 Å². The van der Waals surface area contributed by atoms with Crippen LogP contribution in [0.15, 0.2) is 71.8 Å². The summed E-state index contributed by atoms with van der Waals surface area (Å²) in [5, 5.41) is 3.83. The molecule has 39 heavy (non-hydrogen) atoms. The monoisotopic (exact) mass is 526 g/mol. The molecule has 0 saturated heterocycles. The number of nitrogens with one attached hydrogen (secondary N) is 1. The fourth-order valence-corrected chi connectivity index (χ4v) is 4.34. The van der Waals surface area contributed by atoms with Crippen LogP contribution in [0.2, 0.25) is 0 Å². The highest BCUT2D eigenvalue weighted by Crippen LogP contribution is 2.37. The molecule has 5 aromatic rings. The van der Waals surface area contributed by atoms with E-state index in [1.54, 1.807) is 44.6 Å². The van der Waals surface area contributed by atoms with Gasteiger partial charge < -0.3 is 19.5 Å². The summed E-state index contributed by atoms with van der Waals surface area (Å²) >= 11 is 0. The van der Waals surface area contributed by atoms with Crippen molar-refractivity contribution in [2.24, 2.45) is 7.05 Å². The highest BCUT2D eigenvalue weighted by Gasteiger charge is 2.16. The predicted molar refractivity (Wildman–Crippen MR) is 149 cm³/mol. The molecule has 0 fully saturated rings. The zero-order valence-corrected chi connectivity index (χ0v) is 22.2. The first-order chi connectivity index (χ1) is 18.8. The molecule has 198 valence electrons. The number of aromatic nitrogens is 3. The molecule has 9 heteroatoms. The average molecular weight is 527 g/mol. The summed E-state index contributed by atoms with van der Waals surface area (Å²) in [6.45, 7) is 4.00. The average Bonchev–Trinajstić information content (AvgIpc) is 2.93. The molecule has 0 amide bonds. The van der Waals surface area contributed by atoms with Gasteiger partial charge in [0.1, 0.15) is 5.75 Å². The van der Waals surface area contributed by atoms with Gasteiger partial charge in [0.25, 0.3) is 5.56 Å². The van der Waals surface area contributed by atoms with Crippen LogP contribution in [0.4, 0.5) is 16.0 Å². The Morgan fingerprint density at radius 3 is 2.36 bits per heavy atom. The number of halogens is 1. The Labute approximate surface area is 224 Å². The third-order valence-electron chi connectivity index (χ3n) is 6.47. The summed E-state index contributed by atoms with van der Waals surface area (Å²) in [5.74, 6) is 1.17. The Morgan fingerprint density at radius 1 is 0.872 bits per heavy atom. The fourth-order valence-electron chi connectivity index (χ4n) is 4.34. The Bertz CT molecular complexity index is 1770. The van der Waals surface area contributed by atoms with Crippen molar-refractivity contribution in [2.45, 2.75) is 13.8 Å². The lowest BCUT2D eigenvalue weighted by Gasteiger charge is -2.14. The van der Waals surface area contributed by atoms with E-state index in [2.05, 4.69) is 15.3 Å². The largest absolute Gasteiger partial charge is 0.493 e.